The minimum Gasteiger partial charge on any atom is -0.487 e. The van der Waals surface area contributed by atoms with Gasteiger partial charge in [0.05, 0.1) is 24.3 Å². The highest BCUT2D eigenvalue weighted by molar-refractivity contribution is 14.0. The van der Waals surface area contributed by atoms with Crippen LogP contribution in [0.4, 0.5) is 0 Å². The van der Waals surface area contributed by atoms with E-state index < -0.39 is 0 Å². The zero-order valence-electron chi connectivity index (χ0n) is 16.6. The molecule has 3 atom stereocenters. The summed E-state index contributed by atoms with van der Waals surface area (Å²) in [5, 5.41) is 4.08. The molecular weight excluding hydrogens is 493 g/mol. The third-order valence-electron chi connectivity index (χ3n) is 5.06. The quantitative estimate of drug-likeness (QED) is 0.351. The SMILES string of the molecule is CCC(CNC(=NC)N1CCOC(C2CCCO2)C1)Oc1ccccc1Cl.I. The van der Waals surface area contributed by atoms with Crippen LogP contribution < -0.4 is 10.1 Å². The summed E-state index contributed by atoms with van der Waals surface area (Å²) < 4.78 is 17.8. The number of nitrogens with zero attached hydrogens (tertiary/aromatic N) is 2. The third-order valence-corrected chi connectivity index (χ3v) is 5.37. The fraction of sp³-hybridized carbons (Fsp3) is 0.650. The molecule has 6 nitrogen and oxygen atoms in total. The Bertz CT molecular complexity index is 628. The third kappa shape index (κ3) is 6.37. The second-order valence-electron chi connectivity index (χ2n) is 6.91. The molecule has 0 spiro atoms. The predicted octanol–water partition coefficient (Wildman–Crippen LogP) is 3.57. The molecule has 0 radical (unpaired) electrons. The van der Waals surface area contributed by atoms with Gasteiger partial charge in [0, 0.05) is 26.7 Å². The number of ether oxygens (including phenoxy) is 3. The van der Waals surface area contributed by atoms with Crippen molar-refractivity contribution in [2.45, 2.75) is 44.5 Å². The molecule has 8 heteroatoms. The summed E-state index contributed by atoms with van der Waals surface area (Å²) in [5.41, 5.74) is 0. The zero-order valence-corrected chi connectivity index (χ0v) is 19.7. The number of benzene rings is 1. The Morgan fingerprint density at radius 2 is 2.11 bits per heavy atom. The number of halogens is 2. The Balaban J connectivity index is 0.00000280. The molecule has 0 saturated carbocycles. The first-order valence-electron chi connectivity index (χ1n) is 9.81. The number of guanidine groups is 1. The molecule has 0 aromatic heterocycles. The summed E-state index contributed by atoms with van der Waals surface area (Å²) in [5.74, 6) is 1.59. The summed E-state index contributed by atoms with van der Waals surface area (Å²) in [7, 11) is 1.81. The normalized spacial score (nSPS) is 23.8. The number of hydrogen-bond acceptors (Lipinski definition) is 4. The number of morpholine rings is 1. The first-order valence-corrected chi connectivity index (χ1v) is 10.2. The molecule has 1 aromatic carbocycles. The van der Waals surface area contributed by atoms with Crippen LogP contribution >= 0.6 is 35.6 Å². The highest BCUT2D eigenvalue weighted by atomic mass is 127. The molecule has 2 aliphatic heterocycles. The van der Waals surface area contributed by atoms with Crippen LogP contribution in [0.5, 0.6) is 5.75 Å². The van der Waals surface area contributed by atoms with Crippen molar-refractivity contribution in [2.24, 2.45) is 4.99 Å². The molecule has 2 saturated heterocycles. The highest BCUT2D eigenvalue weighted by Gasteiger charge is 2.32. The second-order valence-corrected chi connectivity index (χ2v) is 7.32. The van der Waals surface area contributed by atoms with Gasteiger partial charge in [-0.15, -0.1) is 24.0 Å². The maximum absolute atomic E-state index is 6.21. The van der Waals surface area contributed by atoms with E-state index in [9.17, 15) is 0 Å². The average molecular weight is 524 g/mol. The Kier molecular flexibility index (Phi) is 10.1. The zero-order chi connectivity index (χ0) is 19.1. The van der Waals surface area contributed by atoms with Crippen LogP contribution in [0.25, 0.3) is 0 Å². The number of rotatable bonds is 6. The molecule has 28 heavy (non-hydrogen) atoms. The summed E-state index contributed by atoms with van der Waals surface area (Å²) >= 11 is 6.21. The second kappa shape index (κ2) is 12.0. The molecule has 2 aliphatic rings. The monoisotopic (exact) mass is 523 g/mol. The summed E-state index contributed by atoms with van der Waals surface area (Å²) in [4.78, 5) is 6.71. The van der Waals surface area contributed by atoms with Gasteiger partial charge in [0.25, 0.3) is 0 Å². The maximum atomic E-state index is 6.21. The van der Waals surface area contributed by atoms with Crippen molar-refractivity contribution < 1.29 is 14.2 Å². The van der Waals surface area contributed by atoms with E-state index in [1.165, 1.54) is 0 Å². The van der Waals surface area contributed by atoms with Gasteiger partial charge in [-0.05, 0) is 31.4 Å². The maximum Gasteiger partial charge on any atom is 0.193 e. The lowest BCUT2D eigenvalue weighted by molar-refractivity contribution is -0.0817. The summed E-state index contributed by atoms with van der Waals surface area (Å²) in [6.07, 6.45) is 3.40. The number of para-hydroxylation sites is 1. The van der Waals surface area contributed by atoms with E-state index in [0.29, 0.717) is 23.9 Å². The summed E-state index contributed by atoms with van der Waals surface area (Å²) in [6, 6.07) is 7.57. The van der Waals surface area contributed by atoms with Gasteiger partial charge in [0.15, 0.2) is 5.96 Å². The van der Waals surface area contributed by atoms with E-state index >= 15 is 0 Å². The van der Waals surface area contributed by atoms with Crippen molar-refractivity contribution in [2.75, 3.05) is 39.9 Å². The van der Waals surface area contributed by atoms with Crippen molar-refractivity contribution in [3.63, 3.8) is 0 Å². The smallest absolute Gasteiger partial charge is 0.193 e. The Hall–Kier alpha value is -0.770. The van der Waals surface area contributed by atoms with Crippen LogP contribution in [0.15, 0.2) is 29.3 Å². The van der Waals surface area contributed by atoms with Gasteiger partial charge in [-0.3, -0.25) is 4.99 Å². The van der Waals surface area contributed by atoms with Gasteiger partial charge in [0.1, 0.15) is 18.0 Å². The number of nitrogens with one attached hydrogen (secondary N) is 1. The van der Waals surface area contributed by atoms with Crippen LogP contribution in [-0.2, 0) is 9.47 Å². The molecule has 0 amide bonds. The first kappa shape index (κ1) is 23.5. The van der Waals surface area contributed by atoms with Gasteiger partial charge in [-0.1, -0.05) is 30.7 Å². The molecule has 3 unspecified atom stereocenters. The van der Waals surface area contributed by atoms with Crippen LogP contribution in [0, 0.1) is 0 Å². The van der Waals surface area contributed by atoms with Crippen LogP contribution in [0.2, 0.25) is 5.02 Å². The van der Waals surface area contributed by atoms with Crippen molar-refractivity contribution >= 4 is 41.5 Å². The van der Waals surface area contributed by atoms with Gasteiger partial charge < -0.3 is 24.4 Å². The molecular formula is C20H31ClIN3O3. The predicted molar refractivity (Wildman–Crippen MR) is 123 cm³/mol. The van der Waals surface area contributed by atoms with E-state index in [0.717, 1.165) is 44.9 Å². The number of aliphatic imine (C=N–C) groups is 1. The van der Waals surface area contributed by atoms with Crippen molar-refractivity contribution in [1.29, 1.82) is 0 Å². The average Bonchev–Trinajstić information content (AvgIpc) is 3.24. The minimum absolute atomic E-state index is 0. The number of hydrogen-bond donors (Lipinski definition) is 1. The van der Waals surface area contributed by atoms with E-state index in [1.54, 1.807) is 0 Å². The van der Waals surface area contributed by atoms with E-state index in [2.05, 4.69) is 22.1 Å². The highest BCUT2D eigenvalue weighted by Crippen LogP contribution is 2.25. The molecule has 3 rings (SSSR count). The van der Waals surface area contributed by atoms with E-state index in [1.807, 2.05) is 31.3 Å². The van der Waals surface area contributed by atoms with Gasteiger partial charge >= 0.3 is 0 Å². The molecule has 158 valence electrons. The summed E-state index contributed by atoms with van der Waals surface area (Å²) in [6.45, 7) is 5.93. The van der Waals surface area contributed by atoms with Crippen molar-refractivity contribution in [1.82, 2.24) is 10.2 Å². The Morgan fingerprint density at radius 1 is 1.32 bits per heavy atom. The molecule has 1 aromatic rings. The largest absolute Gasteiger partial charge is 0.487 e. The Morgan fingerprint density at radius 3 is 2.79 bits per heavy atom. The lowest BCUT2D eigenvalue weighted by atomic mass is 10.1. The van der Waals surface area contributed by atoms with Gasteiger partial charge in [0.2, 0.25) is 0 Å². The lowest BCUT2D eigenvalue weighted by Crippen LogP contribution is -2.54. The fourth-order valence-corrected chi connectivity index (χ4v) is 3.70. The molecule has 2 heterocycles. The molecule has 0 aliphatic carbocycles. The van der Waals surface area contributed by atoms with Gasteiger partial charge in [-0.25, -0.2) is 0 Å². The lowest BCUT2D eigenvalue weighted by Gasteiger charge is -2.37. The van der Waals surface area contributed by atoms with E-state index in [4.69, 9.17) is 25.8 Å². The Labute approximate surface area is 190 Å². The first-order chi connectivity index (χ1) is 13.2. The minimum atomic E-state index is 0. The van der Waals surface area contributed by atoms with E-state index in [-0.39, 0.29) is 42.3 Å². The van der Waals surface area contributed by atoms with Crippen LogP contribution in [0.1, 0.15) is 26.2 Å². The standard InChI is InChI=1S/C20H30ClN3O3.HI/c1-3-15(27-17-8-5-4-7-16(17)21)13-23-20(22-2)24-10-12-26-19(14-24)18-9-6-11-25-18;/h4-5,7-8,15,18-19H,3,6,9-14H2,1-2H3,(H,22,23);1H. The topological polar surface area (TPSA) is 55.3 Å². The van der Waals surface area contributed by atoms with Crippen LogP contribution in [-0.4, -0.2) is 69.1 Å². The van der Waals surface area contributed by atoms with Crippen molar-refractivity contribution in [3.8, 4) is 5.75 Å². The molecule has 0 bridgehead atoms. The van der Waals surface area contributed by atoms with Crippen LogP contribution in [0.3, 0.4) is 0 Å². The fourth-order valence-electron chi connectivity index (χ4n) is 3.52. The van der Waals surface area contributed by atoms with Crippen molar-refractivity contribution in [3.05, 3.63) is 29.3 Å². The molecule has 1 N–H and O–H groups in total. The van der Waals surface area contributed by atoms with Gasteiger partial charge in [-0.2, -0.15) is 0 Å². The molecule has 2 fully saturated rings.